The fourth-order valence-corrected chi connectivity index (χ4v) is 1.51. The van der Waals surface area contributed by atoms with Crippen molar-refractivity contribution in [2.24, 2.45) is 5.73 Å². The molecule has 1 saturated carbocycles. The SMILES string of the molecule is NC(=O)Cc1ncc(C(=O)O)c(C2CC2)n1. The first-order valence-electron chi connectivity index (χ1n) is 4.95. The van der Waals surface area contributed by atoms with Gasteiger partial charge in [-0.25, -0.2) is 14.8 Å². The zero-order valence-corrected chi connectivity index (χ0v) is 8.51. The molecule has 2 rings (SSSR count). The van der Waals surface area contributed by atoms with Crippen LogP contribution in [0.3, 0.4) is 0 Å². The number of hydrogen-bond donors (Lipinski definition) is 2. The van der Waals surface area contributed by atoms with Gasteiger partial charge in [0.25, 0.3) is 0 Å². The van der Waals surface area contributed by atoms with E-state index in [2.05, 4.69) is 9.97 Å². The Balaban J connectivity index is 2.35. The van der Waals surface area contributed by atoms with Crippen LogP contribution in [0.5, 0.6) is 0 Å². The minimum atomic E-state index is -1.03. The Kier molecular flexibility index (Phi) is 2.55. The van der Waals surface area contributed by atoms with E-state index in [1.165, 1.54) is 6.20 Å². The van der Waals surface area contributed by atoms with E-state index in [0.717, 1.165) is 12.8 Å². The number of amides is 1. The van der Waals surface area contributed by atoms with Gasteiger partial charge in [-0.15, -0.1) is 0 Å². The van der Waals surface area contributed by atoms with Crippen LogP contribution in [0.15, 0.2) is 6.20 Å². The van der Waals surface area contributed by atoms with Gasteiger partial charge < -0.3 is 10.8 Å². The molecule has 0 spiro atoms. The molecule has 1 fully saturated rings. The molecule has 1 aromatic heterocycles. The summed E-state index contributed by atoms with van der Waals surface area (Å²) < 4.78 is 0. The molecule has 0 atom stereocenters. The first-order valence-corrected chi connectivity index (χ1v) is 4.95. The van der Waals surface area contributed by atoms with Gasteiger partial charge in [0.15, 0.2) is 0 Å². The first kappa shape index (κ1) is 10.5. The molecule has 0 aromatic carbocycles. The van der Waals surface area contributed by atoms with E-state index < -0.39 is 11.9 Å². The molecule has 1 aliphatic carbocycles. The Labute approximate surface area is 91.5 Å². The maximum absolute atomic E-state index is 10.9. The smallest absolute Gasteiger partial charge is 0.339 e. The summed E-state index contributed by atoms with van der Waals surface area (Å²) in [5.74, 6) is -1.07. The molecule has 1 aliphatic rings. The van der Waals surface area contributed by atoms with Crippen molar-refractivity contribution in [1.82, 2.24) is 9.97 Å². The number of aromatic nitrogens is 2. The number of carbonyl (C=O) groups is 2. The minimum absolute atomic E-state index is 0.0559. The molecule has 0 saturated heterocycles. The van der Waals surface area contributed by atoms with Crippen molar-refractivity contribution in [1.29, 1.82) is 0 Å². The third kappa shape index (κ3) is 2.16. The van der Waals surface area contributed by atoms with Crippen molar-refractivity contribution < 1.29 is 14.7 Å². The molecule has 3 N–H and O–H groups in total. The van der Waals surface area contributed by atoms with Gasteiger partial charge in [-0.1, -0.05) is 0 Å². The fraction of sp³-hybridized carbons (Fsp3) is 0.400. The zero-order chi connectivity index (χ0) is 11.7. The van der Waals surface area contributed by atoms with Crippen LogP contribution in [0.25, 0.3) is 0 Å². The van der Waals surface area contributed by atoms with E-state index in [1.54, 1.807) is 0 Å². The third-order valence-electron chi connectivity index (χ3n) is 2.39. The van der Waals surface area contributed by atoms with Crippen LogP contribution in [-0.4, -0.2) is 27.0 Å². The van der Waals surface area contributed by atoms with E-state index in [9.17, 15) is 9.59 Å². The lowest BCUT2D eigenvalue weighted by atomic mass is 10.1. The minimum Gasteiger partial charge on any atom is -0.478 e. The largest absolute Gasteiger partial charge is 0.478 e. The number of primary amides is 1. The van der Waals surface area contributed by atoms with Crippen molar-refractivity contribution in [3.63, 3.8) is 0 Å². The lowest BCUT2D eigenvalue weighted by Crippen LogP contribution is -2.17. The predicted octanol–water partition coefficient (Wildman–Crippen LogP) is 0.0800. The van der Waals surface area contributed by atoms with Crippen LogP contribution in [-0.2, 0) is 11.2 Å². The molecular weight excluding hydrogens is 210 g/mol. The lowest BCUT2D eigenvalue weighted by Gasteiger charge is -2.04. The quantitative estimate of drug-likeness (QED) is 0.748. The van der Waals surface area contributed by atoms with E-state index in [4.69, 9.17) is 10.8 Å². The highest BCUT2D eigenvalue weighted by atomic mass is 16.4. The van der Waals surface area contributed by atoms with E-state index in [1.807, 2.05) is 0 Å². The maximum Gasteiger partial charge on any atom is 0.339 e. The van der Waals surface area contributed by atoms with Crippen molar-refractivity contribution >= 4 is 11.9 Å². The number of carboxylic acids is 1. The molecule has 84 valence electrons. The van der Waals surface area contributed by atoms with Gasteiger partial charge in [0.1, 0.15) is 5.82 Å². The topological polar surface area (TPSA) is 106 Å². The maximum atomic E-state index is 10.9. The standard InChI is InChI=1S/C10H11N3O3/c11-7(14)3-8-12-4-6(10(15)16)9(13-8)5-1-2-5/h4-5H,1-3H2,(H2,11,14)(H,15,16). The van der Waals surface area contributed by atoms with Gasteiger partial charge in [0.2, 0.25) is 5.91 Å². The molecule has 6 heteroatoms. The highest BCUT2D eigenvalue weighted by Gasteiger charge is 2.30. The Morgan fingerprint density at radius 3 is 2.69 bits per heavy atom. The number of rotatable bonds is 4. The average molecular weight is 221 g/mol. The third-order valence-corrected chi connectivity index (χ3v) is 2.39. The second kappa shape index (κ2) is 3.88. The average Bonchev–Trinajstić information content (AvgIpc) is 2.99. The Morgan fingerprint density at radius 1 is 1.50 bits per heavy atom. The van der Waals surface area contributed by atoms with Crippen LogP contribution in [0, 0.1) is 0 Å². The van der Waals surface area contributed by atoms with Crippen LogP contribution in [0.1, 0.15) is 40.6 Å². The summed E-state index contributed by atoms with van der Waals surface area (Å²) in [7, 11) is 0. The second-order valence-electron chi connectivity index (χ2n) is 3.81. The van der Waals surface area contributed by atoms with Crippen molar-refractivity contribution in [2.45, 2.75) is 25.2 Å². The zero-order valence-electron chi connectivity index (χ0n) is 8.51. The number of carbonyl (C=O) groups excluding carboxylic acids is 1. The molecule has 1 heterocycles. The number of aromatic carboxylic acids is 1. The van der Waals surface area contributed by atoms with Crippen LogP contribution in [0.2, 0.25) is 0 Å². The van der Waals surface area contributed by atoms with Gasteiger partial charge in [-0.05, 0) is 12.8 Å². The Hall–Kier alpha value is -1.98. The number of hydrogen-bond acceptors (Lipinski definition) is 4. The summed E-state index contributed by atoms with van der Waals surface area (Å²) in [5.41, 5.74) is 5.68. The van der Waals surface area contributed by atoms with Crippen LogP contribution in [0.4, 0.5) is 0 Å². The first-order chi connectivity index (χ1) is 7.58. The van der Waals surface area contributed by atoms with Gasteiger partial charge in [-0.2, -0.15) is 0 Å². The monoisotopic (exact) mass is 221 g/mol. The second-order valence-corrected chi connectivity index (χ2v) is 3.81. The number of nitrogens with zero attached hydrogens (tertiary/aromatic N) is 2. The normalized spacial score (nSPS) is 14.8. The van der Waals surface area contributed by atoms with E-state index >= 15 is 0 Å². The molecule has 0 radical (unpaired) electrons. The highest BCUT2D eigenvalue weighted by molar-refractivity contribution is 5.88. The highest BCUT2D eigenvalue weighted by Crippen LogP contribution is 2.40. The van der Waals surface area contributed by atoms with Gasteiger partial charge in [-0.3, -0.25) is 4.79 Å². The van der Waals surface area contributed by atoms with E-state index in [-0.39, 0.29) is 17.9 Å². The van der Waals surface area contributed by atoms with Crippen molar-refractivity contribution in [2.75, 3.05) is 0 Å². The molecule has 1 amide bonds. The molecule has 0 aliphatic heterocycles. The summed E-state index contributed by atoms with van der Waals surface area (Å²) in [6.07, 6.45) is 3.07. The predicted molar refractivity (Wildman–Crippen MR) is 53.9 cm³/mol. The van der Waals surface area contributed by atoms with Crippen LogP contribution < -0.4 is 5.73 Å². The molecule has 1 aromatic rings. The number of nitrogens with two attached hydrogens (primary N) is 1. The van der Waals surface area contributed by atoms with Crippen molar-refractivity contribution in [3.05, 3.63) is 23.3 Å². The summed E-state index contributed by atoms with van der Waals surface area (Å²) in [6.45, 7) is 0. The summed E-state index contributed by atoms with van der Waals surface area (Å²) in [5, 5.41) is 8.94. The van der Waals surface area contributed by atoms with Crippen molar-refractivity contribution in [3.8, 4) is 0 Å². The van der Waals surface area contributed by atoms with Gasteiger partial charge in [0, 0.05) is 12.1 Å². The fourth-order valence-electron chi connectivity index (χ4n) is 1.51. The lowest BCUT2D eigenvalue weighted by molar-refractivity contribution is -0.117. The molecule has 16 heavy (non-hydrogen) atoms. The summed E-state index contributed by atoms with van der Waals surface area (Å²) >= 11 is 0. The van der Waals surface area contributed by atoms with Gasteiger partial charge >= 0.3 is 5.97 Å². The summed E-state index contributed by atoms with van der Waals surface area (Å²) in [4.78, 5) is 29.5. The van der Waals surface area contributed by atoms with Crippen LogP contribution >= 0.6 is 0 Å². The molecule has 0 unspecified atom stereocenters. The van der Waals surface area contributed by atoms with E-state index in [0.29, 0.717) is 11.5 Å². The molecule has 0 bridgehead atoms. The summed E-state index contributed by atoms with van der Waals surface area (Å²) in [6, 6.07) is 0. The Bertz CT molecular complexity index is 455. The Morgan fingerprint density at radius 2 is 2.19 bits per heavy atom. The molecule has 6 nitrogen and oxygen atoms in total. The van der Waals surface area contributed by atoms with Gasteiger partial charge in [0.05, 0.1) is 17.7 Å². The number of carboxylic acid groups (broad SMARTS) is 1. The molecular formula is C10H11N3O3.